The van der Waals surface area contributed by atoms with E-state index in [1.165, 1.54) is 25.3 Å². The minimum Gasteiger partial charge on any atom is -0.493 e. The van der Waals surface area contributed by atoms with Crippen LogP contribution in [0.1, 0.15) is 69.8 Å². The van der Waals surface area contributed by atoms with Gasteiger partial charge >= 0.3 is 5.97 Å². The molecule has 0 spiro atoms. The highest BCUT2D eigenvalue weighted by atomic mass is 32.2. The van der Waals surface area contributed by atoms with E-state index in [1.54, 1.807) is 36.6 Å². The van der Waals surface area contributed by atoms with Gasteiger partial charge < -0.3 is 23.9 Å². The first-order chi connectivity index (χ1) is 22.1. The third kappa shape index (κ3) is 7.11. The molecular weight excluding hydrogens is 614 g/mol. The molecule has 0 saturated heterocycles. The molecule has 46 heavy (non-hydrogen) atoms. The van der Waals surface area contributed by atoms with Crippen LogP contribution in [-0.2, 0) is 19.6 Å². The summed E-state index contributed by atoms with van der Waals surface area (Å²) in [6.07, 6.45) is 4.73. The second kappa shape index (κ2) is 14.2. The van der Waals surface area contributed by atoms with E-state index in [2.05, 4.69) is 9.71 Å². The number of nitrogens with one attached hydrogen (secondary N) is 2. The number of aryl methyl sites for hydroxylation is 1. The molecule has 2 aromatic carbocycles. The van der Waals surface area contributed by atoms with E-state index in [-0.39, 0.29) is 46.9 Å². The molecular formula is C32H39N5O8S. The van der Waals surface area contributed by atoms with Crippen molar-refractivity contribution < 1.29 is 32.2 Å². The second-order valence-corrected chi connectivity index (χ2v) is 12.6. The average Bonchev–Trinajstić information content (AvgIpc) is 3.68. The molecule has 4 aromatic rings. The molecule has 0 unspecified atom stereocenters. The number of sulfonamides is 1. The molecule has 0 bridgehead atoms. The van der Waals surface area contributed by atoms with Gasteiger partial charge in [-0.1, -0.05) is 12.8 Å². The minimum atomic E-state index is -4.13. The fraction of sp³-hybridized carbons (Fsp3) is 0.438. The normalized spacial score (nSPS) is 13.6. The van der Waals surface area contributed by atoms with Gasteiger partial charge in [0.25, 0.3) is 15.6 Å². The van der Waals surface area contributed by atoms with Gasteiger partial charge in [-0.3, -0.25) is 14.3 Å². The van der Waals surface area contributed by atoms with Gasteiger partial charge in [0.05, 0.1) is 48.8 Å². The van der Waals surface area contributed by atoms with Gasteiger partial charge in [-0.15, -0.1) is 5.10 Å². The van der Waals surface area contributed by atoms with Crippen LogP contribution in [0.15, 0.2) is 46.1 Å². The number of anilines is 1. The maximum Gasteiger partial charge on any atom is 0.305 e. The lowest BCUT2D eigenvalue weighted by molar-refractivity contribution is -0.143. The Morgan fingerprint density at radius 3 is 2.52 bits per heavy atom. The molecule has 0 atom stereocenters. The Morgan fingerprint density at radius 2 is 1.80 bits per heavy atom. The molecule has 0 radical (unpaired) electrons. The Hall–Kier alpha value is -4.59. The lowest BCUT2D eigenvalue weighted by Crippen LogP contribution is -2.17. The van der Waals surface area contributed by atoms with Crippen LogP contribution in [-0.4, -0.2) is 60.9 Å². The fourth-order valence-corrected chi connectivity index (χ4v) is 6.68. The Balaban J connectivity index is 1.45. The Bertz CT molecular complexity index is 1880. The second-order valence-electron chi connectivity index (χ2n) is 10.9. The number of imidazole rings is 1. The number of aromatic amines is 1. The summed E-state index contributed by atoms with van der Waals surface area (Å²) in [6, 6.07) is 9.04. The van der Waals surface area contributed by atoms with Crippen molar-refractivity contribution in [3.63, 3.8) is 0 Å². The quantitative estimate of drug-likeness (QED) is 0.140. The van der Waals surface area contributed by atoms with Crippen molar-refractivity contribution in [1.29, 1.82) is 0 Å². The summed E-state index contributed by atoms with van der Waals surface area (Å²) < 4.78 is 53.4. The molecule has 246 valence electrons. The number of methoxy groups -OCH3 is 1. The lowest BCUT2D eigenvalue weighted by atomic mass is 10.1. The van der Waals surface area contributed by atoms with Crippen LogP contribution < -0.4 is 24.5 Å². The molecule has 1 aliphatic carbocycles. The number of H-pyrrole nitrogens is 1. The van der Waals surface area contributed by atoms with E-state index in [9.17, 15) is 18.0 Å². The number of esters is 1. The van der Waals surface area contributed by atoms with Crippen molar-refractivity contribution in [3.05, 3.63) is 58.3 Å². The number of hydrogen-bond acceptors (Lipinski definition) is 10. The number of hydrogen-bond donors (Lipinski definition) is 2. The summed E-state index contributed by atoms with van der Waals surface area (Å²) in [5.74, 6) is 1.86. The van der Waals surface area contributed by atoms with Crippen LogP contribution in [0.4, 0.5) is 5.69 Å². The maximum absolute atomic E-state index is 13.6. The third-order valence-electron chi connectivity index (χ3n) is 7.74. The summed E-state index contributed by atoms with van der Waals surface area (Å²) in [7, 11) is -2.65. The van der Waals surface area contributed by atoms with Gasteiger partial charge in [0.15, 0.2) is 22.8 Å². The largest absolute Gasteiger partial charge is 0.493 e. The van der Waals surface area contributed by atoms with E-state index in [4.69, 9.17) is 29.0 Å². The van der Waals surface area contributed by atoms with Crippen LogP contribution in [0.25, 0.3) is 16.9 Å². The van der Waals surface area contributed by atoms with E-state index in [0.717, 1.165) is 31.5 Å². The van der Waals surface area contributed by atoms with Gasteiger partial charge in [0.2, 0.25) is 0 Å². The van der Waals surface area contributed by atoms with Crippen molar-refractivity contribution in [2.24, 2.45) is 0 Å². The summed E-state index contributed by atoms with van der Waals surface area (Å²) in [4.78, 5) is 32.3. The molecule has 2 heterocycles. The predicted molar refractivity (Wildman–Crippen MR) is 171 cm³/mol. The van der Waals surface area contributed by atoms with Gasteiger partial charge in [-0.05, 0) is 70.4 Å². The molecule has 0 amide bonds. The summed E-state index contributed by atoms with van der Waals surface area (Å²) in [6.45, 7) is 6.16. The van der Waals surface area contributed by atoms with Crippen molar-refractivity contribution in [2.45, 2.75) is 70.1 Å². The molecule has 14 heteroatoms. The zero-order chi connectivity index (χ0) is 32.8. The molecule has 2 aromatic heterocycles. The van der Waals surface area contributed by atoms with Crippen molar-refractivity contribution in [3.8, 4) is 28.6 Å². The third-order valence-corrected chi connectivity index (χ3v) is 9.12. The average molecular weight is 654 g/mol. The first-order valence-corrected chi connectivity index (χ1v) is 16.9. The van der Waals surface area contributed by atoms with Gasteiger partial charge in [-0.25, -0.2) is 17.9 Å². The van der Waals surface area contributed by atoms with Gasteiger partial charge in [-0.2, -0.15) is 0 Å². The van der Waals surface area contributed by atoms with Crippen LogP contribution in [0, 0.1) is 6.92 Å². The standard InChI is InChI=1S/C32H39N5O8S/c1-5-43-25-16-14-23(19-24(25)30-34-32(39)29-20(3)33-31(37(29)35-30)21-10-7-8-11-21)46(40,41)36-22-13-15-26(42-4)27(18-22)45-17-9-12-28(38)44-6-2/h13-16,18-19,21,36H,5-12,17H2,1-4H3,(H,34,35,39). The van der Waals surface area contributed by atoms with Crippen molar-refractivity contribution in [2.75, 3.05) is 31.7 Å². The van der Waals surface area contributed by atoms with Crippen molar-refractivity contribution >= 4 is 27.2 Å². The van der Waals surface area contributed by atoms with Crippen LogP contribution in [0.5, 0.6) is 17.2 Å². The summed E-state index contributed by atoms with van der Waals surface area (Å²) >= 11 is 0. The fourth-order valence-electron chi connectivity index (χ4n) is 5.60. The molecule has 13 nitrogen and oxygen atoms in total. The van der Waals surface area contributed by atoms with Crippen LogP contribution >= 0.6 is 0 Å². The minimum absolute atomic E-state index is 0.0701. The predicted octanol–water partition coefficient (Wildman–Crippen LogP) is 4.98. The Kier molecular flexibility index (Phi) is 10.1. The van der Waals surface area contributed by atoms with E-state index in [1.807, 2.05) is 6.92 Å². The first-order valence-electron chi connectivity index (χ1n) is 15.4. The molecule has 1 aliphatic rings. The van der Waals surface area contributed by atoms with E-state index in [0.29, 0.717) is 53.7 Å². The number of benzene rings is 2. The van der Waals surface area contributed by atoms with Crippen LogP contribution in [0.3, 0.4) is 0 Å². The van der Waals surface area contributed by atoms with E-state index < -0.39 is 10.0 Å². The van der Waals surface area contributed by atoms with Gasteiger partial charge in [0.1, 0.15) is 11.6 Å². The topological polar surface area (TPSA) is 163 Å². The molecule has 2 N–H and O–H groups in total. The van der Waals surface area contributed by atoms with Crippen molar-refractivity contribution in [1.82, 2.24) is 19.6 Å². The number of carbonyl (C=O) groups is 1. The number of ether oxygens (including phenoxy) is 4. The highest BCUT2D eigenvalue weighted by molar-refractivity contribution is 7.92. The number of carbonyl (C=O) groups excluding carboxylic acids is 1. The number of rotatable bonds is 14. The monoisotopic (exact) mass is 653 g/mol. The number of nitrogens with zero attached hydrogens (tertiary/aromatic N) is 3. The SMILES string of the molecule is CCOC(=O)CCCOc1cc(NS(=O)(=O)c2ccc(OCC)c(-c3nn4c(C5CCCC5)nc(C)c4c(=O)[nH]3)c2)ccc1OC. The highest BCUT2D eigenvalue weighted by Gasteiger charge is 2.26. The molecule has 1 fully saturated rings. The first kappa shape index (κ1) is 32.8. The smallest absolute Gasteiger partial charge is 0.305 e. The number of aromatic nitrogens is 4. The molecule has 1 saturated carbocycles. The Morgan fingerprint density at radius 1 is 1.04 bits per heavy atom. The highest BCUT2D eigenvalue weighted by Crippen LogP contribution is 2.36. The molecule has 5 rings (SSSR count). The summed E-state index contributed by atoms with van der Waals surface area (Å²) in [5.41, 5.74) is 1.13. The maximum atomic E-state index is 13.6. The zero-order valence-corrected chi connectivity index (χ0v) is 27.2. The zero-order valence-electron chi connectivity index (χ0n) is 26.4. The summed E-state index contributed by atoms with van der Waals surface area (Å²) in [5, 5.41) is 4.75. The molecule has 0 aliphatic heterocycles. The van der Waals surface area contributed by atoms with Gasteiger partial charge in [0, 0.05) is 18.4 Å². The van der Waals surface area contributed by atoms with Crippen LogP contribution in [0.2, 0.25) is 0 Å². The van der Waals surface area contributed by atoms with E-state index >= 15 is 0 Å². The number of fused-ring (bicyclic) bond motifs is 1. The lowest BCUT2D eigenvalue weighted by Gasteiger charge is -2.15. The Labute approximate surface area is 267 Å².